The number of aromatic nitrogens is 1. The molecule has 1 aromatic carbocycles. The minimum Gasteiger partial charge on any atom is -0.496 e. The zero-order chi connectivity index (χ0) is 24.3. The maximum atomic E-state index is 13.3. The summed E-state index contributed by atoms with van der Waals surface area (Å²) in [7, 11) is 6.18. The summed E-state index contributed by atoms with van der Waals surface area (Å²) in [6, 6.07) is 3.32. The second kappa shape index (κ2) is 10.1. The van der Waals surface area contributed by atoms with Crippen LogP contribution in [0, 0.1) is 13.8 Å². The summed E-state index contributed by atoms with van der Waals surface area (Å²) in [5.41, 5.74) is 4.13. The van der Waals surface area contributed by atoms with Gasteiger partial charge in [0, 0.05) is 30.9 Å². The summed E-state index contributed by atoms with van der Waals surface area (Å²) in [5, 5.41) is 0. The Hall–Kier alpha value is -3.26. The number of nitrogens with zero attached hydrogens (tertiary/aromatic N) is 1. The van der Waals surface area contributed by atoms with Crippen LogP contribution >= 0.6 is 0 Å². The fourth-order valence-corrected chi connectivity index (χ4v) is 4.37. The smallest absolute Gasteiger partial charge is 0.339 e. The summed E-state index contributed by atoms with van der Waals surface area (Å²) in [6.07, 6.45) is 2.83. The first-order valence-electron chi connectivity index (χ1n) is 10.8. The van der Waals surface area contributed by atoms with Gasteiger partial charge in [0.1, 0.15) is 17.2 Å². The summed E-state index contributed by atoms with van der Waals surface area (Å²) in [6.45, 7) is 6.73. The van der Waals surface area contributed by atoms with Crippen molar-refractivity contribution in [3.05, 3.63) is 46.3 Å². The molecular formula is C25H32N2O6. The number of hydrogen-bond acceptors (Lipinski definition) is 7. The van der Waals surface area contributed by atoms with Crippen molar-refractivity contribution >= 4 is 17.3 Å². The molecule has 8 nitrogen and oxygen atoms in total. The summed E-state index contributed by atoms with van der Waals surface area (Å²) in [5.74, 6) is 1.53. The van der Waals surface area contributed by atoms with Crippen molar-refractivity contribution in [1.29, 1.82) is 0 Å². The quantitative estimate of drug-likeness (QED) is 0.477. The maximum absolute atomic E-state index is 13.3. The summed E-state index contributed by atoms with van der Waals surface area (Å²) in [4.78, 5) is 30.5. The predicted molar refractivity (Wildman–Crippen MR) is 126 cm³/mol. The van der Waals surface area contributed by atoms with E-state index in [2.05, 4.69) is 16.0 Å². The standard InChI is InChI=1S/C25H32N2O6/c1-14-21(25(29)33-7)15(2)26-23(14)24(28)16(3)27-10-8-17(9-11-27)22-19(31-5)12-18(30-4)13-20(22)32-6/h8,12-13,16,26H,9-11H2,1-7H3. The minimum atomic E-state index is -0.444. The molecule has 8 heteroatoms. The number of benzene rings is 1. The molecule has 0 spiro atoms. The lowest BCUT2D eigenvalue weighted by Gasteiger charge is -2.31. The van der Waals surface area contributed by atoms with Crippen LogP contribution < -0.4 is 14.2 Å². The molecule has 0 saturated heterocycles. The molecule has 0 amide bonds. The Morgan fingerprint density at radius 1 is 1.03 bits per heavy atom. The Labute approximate surface area is 194 Å². The van der Waals surface area contributed by atoms with E-state index in [1.165, 1.54) is 7.11 Å². The van der Waals surface area contributed by atoms with Gasteiger partial charge in [-0.3, -0.25) is 9.69 Å². The van der Waals surface area contributed by atoms with Gasteiger partial charge in [0.15, 0.2) is 5.78 Å². The van der Waals surface area contributed by atoms with Crippen molar-refractivity contribution in [2.75, 3.05) is 41.5 Å². The van der Waals surface area contributed by atoms with Gasteiger partial charge in [-0.1, -0.05) is 6.08 Å². The highest BCUT2D eigenvalue weighted by atomic mass is 16.5. The second-order valence-electron chi connectivity index (χ2n) is 8.04. The van der Waals surface area contributed by atoms with Crippen molar-refractivity contribution in [2.45, 2.75) is 33.2 Å². The summed E-state index contributed by atoms with van der Waals surface area (Å²) < 4.78 is 21.4. The van der Waals surface area contributed by atoms with Crippen LogP contribution in [0.4, 0.5) is 0 Å². The van der Waals surface area contributed by atoms with Gasteiger partial charge in [-0.25, -0.2) is 4.79 Å². The molecule has 33 heavy (non-hydrogen) atoms. The van der Waals surface area contributed by atoms with Crippen molar-refractivity contribution in [3.8, 4) is 17.2 Å². The van der Waals surface area contributed by atoms with Crippen molar-refractivity contribution < 1.29 is 28.5 Å². The average molecular weight is 457 g/mol. The van der Waals surface area contributed by atoms with E-state index in [-0.39, 0.29) is 11.8 Å². The SMILES string of the molecule is COC(=O)c1c(C)[nH]c(C(=O)C(C)N2CC=C(c3c(OC)cc(OC)cc3OC)CC2)c1C. The van der Waals surface area contributed by atoms with E-state index in [0.717, 1.165) is 17.6 Å². The molecule has 1 N–H and O–H groups in total. The molecule has 1 aliphatic heterocycles. The molecule has 0 radical (unpaired) electrons. The van der Waals surface area contributed by atoms with Crippen LogP contribution in [0.2, 0.25) is 0 Å². The molecule has 2 heterocycles. The fraction of sp³-hybridized carbons (Fsp3) is 0.440. The van der Waals surface area contributed by atoms with E-state index in [4.69, 9.17) is 18.9 Å². The number of aromatic amines is 1. The largest absolute Gasteiger partial charge is 0.496 e. The molecule has 3 rings (SSSR count). The molecule has 1 unspecified atom stereocenters. The Balaban J connectivity index is 1.83. The first-order valence-corrected chi connectivity index (χ1v) is 10.8. The molecule has 1 atom stereocenters. The fourth-order valence-electron chi connectivity index (χ4n) is 4.37. The number of aryl methyl sites for hydroxylation is 1. The number of Topliss-reactive ketones (excluding diaryl/α,β-unsaturated/α-hetero) is 1. The van der Waals surface area contributed by atoms with E-state index >= 15 is 0 Å². The minimum absolute atomic E-state index is 0.0535. The van der Waals surface area contributed by atoms with Gasteiger partial charge < -0.3 is 23.9 Å². The van der Waals surface area contributed by atoms with Crippen LogP contribution in [0.1, 0.15) is 51.0 Å². The number of H-pyrrole nitrogens is 1. The van der Waals surface area contributed by atoms with E-state index < -0.39 is 5.97 Å². The molecule has 1 aromatic heterocycles. The number of esters is 1. The highest BCUT2D eigenvalue weighted by Crippen LogP contribution is 2.41. The lowest BCUT2D eigenvalue weighted by atomic mass is 9.95. The van der Waals surface area contributed by atoms with E-state index in [1.54, 1.807) is 35.2 Å². The van der Waals surface area contributed by atoms with Crippen LogP contribution in [0.3, 0.4) is 0 Å². The Morgan fingerprint density at radius 3 is 2.15 bits per heavy atom. The normalized spacial score (nSPS) is 14.9. The molecule has 0 bridgehead atoms. The Bertz CT molecular complexity index is 1060. The molecule has 0 fully saturated rings. The number of methoxy groups -OCH3 is 4. The third-order valence-electron chi connectivity index (χ3n) is 6.28. The number of ether oxygens (including phenoxy) is 4. The number of nitrogens with one attached hydrogen (secondary N) is 1. The van der Waals surface area contributed by atoms with E-state index in [0.29, 0.717) is 52.9 Å². The molecule has 2 aromatic rings. The maximum Gasteiger partial charge on any atom is 0.339 e. The van der Waals surface area contributed by atoms with Gasteiger partial charge in [-0.15, -0.1) is 0 Å². The van der Waals surface area contributed by atoms with Crippen LogP contribution in [0.15, 0.2) is 18.2 Å². The molecular weight excluding hydrogens is 424 g/mol. The number of carbonyl (C=O) groups excluding carboxylic acids is 2. The molecule has 0 aliphatic carbocycles. The van der Waals surface area contributed by atoms with Gasteiger partial charge in [-0.05, 0) is 38.3 Å². The number of rotatable bonds is 8. The van der Waals surface area contributed by atoms with Crippen LogP contribution in [-0.4, -0.2) is 69.2 Å². The van der Waals surface area contributed by atoms with Crippen LogP contribution in [-0.2, 0) is 4.74 Å². The summed E-state index contributed by atoms with van der Waals surface area (Å²) >= 11 is 0. The second-order valence-corrected chi connectivity index (χ2v) is 8.04. The van der Waals surface area contributed by atoms with Crippen LogP contribution in [0.5, 0.6) is 17.2 Å². The van der Waals surface area contributed by atoms with Crippen molar-refractivity contribution in [1.82, 2.24) is 9.88 Å². The zero-order valence-electron chi connectivity index (χ0n) is 20.3. The highest BCUT2D eigenvalue weighted by molar-refractivity contribution is 6.03. The molecule has 1 aliphatic rings. The Kier molecular flexibility index (Phi) is 7.48. The molecule has 178 valence electrons. The van der Waals surface area contributed by atoms with E-state index in [1.807, 2.05) is 19.1 Å². The third-order valence-corrected chi connectivity index (χ3v) is 6.28. The first kappa shape index (κ1) is 24.4. The first-order chi connectivity index (χ1) is 15.8. The van der Waals surface area contributed by atoms with Gasteiger partial charge in [0.25, 0.3) is 0 Å². The van der Waals surface area contributed by atoms with Gasteiger partial charge in [-0.2, -0.15) is 0 Å². The predicted octanol–water partition coefficient (Wildman–Crippen LogP) is 3.80. The van der Waals surface area contributed by atoms with E-state index in [9.17, 15) is 9.59 Å². The topological polar surface area (TPSA) is 90.1 Å². The number of hydrogen-bond donors (Lipinski definition) is 1. The molecule has 0 saturated carbocycles. The van der Waals surface area contributed by atoms with Crippen LogP contribution in [0.25, 0.3) is 5.57 Å². The third kappa shape index (κ3) is 4.61. The van der Waals surface area contributed by atoms with Gasteiger partial charge >= 0.3 is 5.97 Å². The number of carbonyl (C=O) groups is 2. The van der Waals surface area contributed by atoms with Crippen molar-refractivity contribution in [3.63, 3.8) is 0 Å². The monoisotopic (exact) mass is 456 g/mol. The lowest BCUT2D eigenvalue weighted by molar-refractivity contribution is 0.0599. The highest BCUT2D eigenvalue weighted by Gasteiger charge is 2.30. The van der Waals surface area contributed by atoms with Gasteiger partial charge in [0.05, 0.1) is 51.3 Å². The van der Waals surface area contributed by atoms with Crippen molar-refractivity contribution in [2.24, 2.45) is 0 Å². The van der Waals surface area contributed by atoms with Gasteiger partial charge in [0.2, 0.25) is 0 Å². The Morgan fingerprint density at radius 2 is 1.67 bits per heavy atom. The lowest BCUT2D eigenvalue weighted by Crippen LogP contribution is -2.41. The zero-order valence-corrected chi connectivity index (χ0v) is 20.3. The number of ketones is 1. The average Bonchev–Trinajstić information content (AvgIpc) is 3.15.